The molecule has 2 aliphatic rings. The Labute approximate surface area is 173 Å². The SMILES string of the molecule is O=C(O)CNC(=O)[C@@H]1C[C@@H](O)CN1C(=O)OCC1c2ccccc2-c2ccccc21. The third-order valence-corrected chi connectivity index (χ3v) is 5.57. The highest BCUT2D eigenvalue weighted by molar-refractivity contribution is 5.88. The van der Waals surface area contributed by atoms with Crippen LogP contribution in [0.25, 0.3) is 11.1 Å². The van der Waals surface area contributed by atoms with Gasteiger partial charge in [-0.15, -0.1) is 0 Å². The first-order chi connectivity index (χ1) is 14.5. The van der Waals surface area contributed by atoms with Crippen molar-refractivity contribution in [2.45, 2.75) is 24.5 Å². The minimum Gasteiger partial charge on any atom is -0.480 e. The molecule has 2 aromatic carbocycles. The number of fused-ring (bicyclic) bond motifs is 3. The smallest absolute Gasteiger partial charge is 0.410 e. The van der Waals surface area contributed by atoms with Gasteiger partial charge in [-0.1, -0.05) is 48.5 Å². The molecule has 8 nitrogen and oxygen atoms in total. The van der Waals surface area contributed by atoms with E-state index >= 15 is 0 Å². The lowest BCUT2D eigenvalue weighted by molar-refractivity contribution is -0.138. The van der Waals surface area contributed by atoms with E-state index in [0.717, 1.165) is 27.2 Å². The largest absolute Gasteiger partial charge is 0.480 e. The zero-order valence-corrected chi connectivity index (χ0v) is 16.2. The Morgan fingerprint density at radius 3 is 2.23 bits per heavy atom. The molecule has 1 heterocycles. The van der Waals surface area contributed by atoms with Crippen molar-refractivity contribution in [1.29, 1.82) is 0 Å². The quantitative estimate of drug-likeness (QED) is 0.689. The Kier molecular flexibility index (Phi) is 5.41. The highest BCUT2D eigenvalue weighted by atomic mass is 16.6. The molecule has 4 rings (SSSR count). The van der Waals surface area contributed by atoms with E-state index in [1.807, 2.05) is 48.5 Å². The summed E-state index contributed by atoms with van der Waals surface area (Å²) >= 11 is 0. The molecule has 1 saturated heterocycles. The lowest BCUT2D eigenvalue weighted by Crippen LogP contribution is -2.47. The number of aliphatic hydroxyl groups excluding tert-OH is 1. The number of hydrogen-bond donors (Lipinski definition) is 3. The molecule has 0 unspecified atom stereocenters. The van der Waals surface area contributed by atoms with Gasteiger partial charge in [-0.3, -0.25) is 14.5 Å². The number of carbonyl (C=O) groups is 3. The number of benzene rings is 2. The molecule has 0 saturated carbocycles. The Morgan fingerprint density at radius 2 is 1.63 bits per heavy atom. The maximum atomic E-state index is 12.7. The number of ether oxygens (including phenoxy) is 1. The molecule has 156 valence electrons. The molecule has 2 aromatic rings. The fraction of sp³-hybridized carbons (Fsp3) is 0.318. The number of nitrogens with one attached hydrogen (secondary N) is 1. The number of hydrogen-bond acceptors (Lipinski definition) is 5. The van der Waals surface area contributed by atoms with Crippen LogP contribution in [0, 0.1) is 0 Å². The van der Waals surface area contributed by atoms with Gasteiger partial charge in [0.05, 0.1) is 12.6 Å². The predicted molar refractivity (Wildman–Crippen MR) is 107 cm³/mol. The van der Waals surface area contributed by atoms with Crippen LogP contribution >= 0.6 is 0 Å². The van der Waals surface area contributed by atoms with Crippen molar-refractivity contribution in [1.82, 2.24) is 10.2 Å². The lowest BCUT2D eigenvalue weighted by Gasteiger charge is -2.24. The third-order valence-electron chi connectivity index (χ3n) is 5.57. The van der Waals surface area contributed by atoms with E-state index in [1.54, 1.807) is 0 Å². The van der Waals surface area contributed by atoms with Gasteiger partial charge in [-0.2, -0.15) is 0 Å². The second-order valence-electron chi connectivity index (χ2n) is 7.47. The summed E-state index contributed by atoms with van der Waals surface area (Å²) in [6, 6.07) is 15.0. The summed E-state index contributed by atoms with van der Waals surface area (Å²) in [7, 11) is 0. The number of carboxylic acid groups (broad SMARTS) is 1. The molecule has 0 spiro atoms. The van der Waals surface area contributed by atoms with E-state index in [1.165, 1.54) is 0 Å². The van der Waals surface area contributed by atoms with E-state index in [2.05, 4.69) is 5.32 Å². The minimum absolute atomic E-state index is 0.0373. The lowest BCUT2D eigenvalue weighted by atomic mass is 9.98. The van der Waals surface area contributed by atoms with Crippen LogP contribution in [-0.4, -0.2) is 64.9 Å². The van der Waals surface area contributed by atoms with Gasteiger partial charge in [0.15, 0.2) is 0 Å². The van der Waals surface area contributed by atoms with Crippen LogP contribution in [0.5, 0.6) is 0 Å². The average molecular weight is 410 g/mol. The minimum atomic E-state index is -1.19. The zero-order chi connectivity index (χ0) is 21.3. The van der Waals surface area contributed by atoms with Gasteiger partial charge in [0.1, 0.15) is 19.2 Å². The topological polar surface area (TPSA) is 116 Å². The van der Waals surface area contributed by atoms with Crippen LogP contribution < -0.4 is 5.32 Å². The molecule has 30 heavy (non-hydrogen) atoms. The van der Waals surface area contributed by atoms with Gasteiger partial charge in [-0.25, -0.2) is 4.79 Å². The molecule has 8 heteroatoms. The Hall–Kier alpha value is -3.39. The van der Waals surface area contributed by atoms with Gasteiger partial charge in [0, 0.05) is 12.3 Å². The number of amides is 2. The normalized spacial score (nSPS) is 19.8. The first-order valence-electron chi connectivity index (χ1n) is 9.75. The molecule has 1 aliphatic carbocycles. The summed E-state index contributed by atoms with van der Waals surface area (Å²) in [4.78, 5) is 36.8. The molecule has 3 N–H and O–H groups in total. The van der Waals surface area contributed by atoms with E-state index in [4.69, 9.17) is 9.84 Å². The fourth-order valence-electron chi connectivity index (χ4n) is 4.22. The van der Waals surface area contributed by atoms with Gasteiger partial charge < -0.3 is 20.3 Å². The average Bonchev–Trinajstić information content (AvgIpc) is 3.29. The number of aliphatic carboxylic acids is 1. The van der Waals surface area contributed by atoms with Crippen molar-refractivity contribution in [2.75, 3.05) is 19.7 Å². The van der Waals surface area contributed by atoms with Crippen LogP contribution in [0.4, 0.5) is 4.79 Å². The molecule has 0 radical (unpaired) electrons. The van der Waals surface area contributed by atoms with Crippen LogP contribution in [0.1, 0.15) is 23.5 Å². The van der Waals surface area contributed by atoms with E-state index in [0.29, 0.717) is 0 Å². The van der Waals surface area contributed by atoms with Gasteiger partial charge in [0.25, 0.3) is 0 Å². The summed E-state index contributed by atoms with van der Waals surface area (Å²) < 4.78 is 5.56. The van der Waals surface area contributed by atoms with Crippen LogP contribution in [0.15, 0.2) is 48.5 Å². The number of rotatable bonds is 5. The van der Waals surface area contributed by atoms with Crippen LogP contribution in [-0.2, 0) is 14.3 Å². The first-order valence-corrected chi connectivity index (χ1v) is 9.75. The summed E-state index contributed by atoms with van der Waals surface area (Å²) in [6.45, 7) is -0.491. The van der Waals surface area contributed by atoms with E-state index < -0.39 is 36.7 Å². The molecule has 1 aliphatic heterocycles. The maximum Gasteiger partial charge on any atom is 0.410 e. The number of aliphatic hydroxyl groups is 1. The summed E-state index contributed by atoms with van der Waals surface area (Å²) in [5.41, 5.74) is 4.36. The summed E-state index contributed by atoms with van der Waals surface area (Å²) in [6.07, 6.45) is -1.54. The monoisotopic (exact) mass is 410 g/mol. The molecular weight excluding hydrogens is 388 g/mol. The molecule has 0 aromatic heterocycles. The molecule has 0 bridgehead atoms. The van der Waals surface area contributed by atoms with Gasteiger partial charge in [-0.05, 0) is 22.3 Å². The third kappa shape index (κ3) is 3.73. The van der Waals surface area contributed by atoms with Gasteiger partial charge in [0.2, 0.25) is 5.91 Å². The molecule has 2 amide bonds. The Morgan fingerprint density at radius 1 is 1.03 bits per heavy atom. The number of likely N-dealkylation sites (tertiary alicyclic amines) is 1. The van der Waals surface area contributed by atoms with Crippen LogP contribution in [0.2, 0.25) is 0 Å². The fourth-order valence-corrected chi connectivity index (χ4v) is 4.22. The Balaban J connectivity index is 1.46. The maximum absolute atomic E-state index is 12.7. The second-order valence-corrected chi connectivity index (χ2v) is 7.47. The van der Waals surface area contributed by atoms with Crippen molar-refractivity contribution >= 4 is 18.0 Å². The molecule has 2 atom stereocenters. The summed E-state index contributed by atoms with van der Waals surface area (Å²) in [5.74, 6) is -1.93. The first kappa shape index (κ1) is 19.9. The van der Waals surface area contributed by atoms with Crippen molar-refractivity contribution < 1.29 is 29.3 Å². The predicted octanol–water partition coefficient (Wildman–Crippen LogP) is 1.57. The molecule has 1 fully saturated rings. The number of carboxylic acids is 1. The summed E-state index contributed by atoms with van der Waals surface area (Å²) in [5, 5.41) is 20.9. The van der Waals surface area contributed by atoms with Crippen molar-refractivity contribution in [2.24, 2.45) is 0 Å². The molecular formula is C22H22N2O6. The number of carbonyl (C=O) groups excluding carboxylic acids is 2. The van der Waals surface area contributed by atoms with Crippen LogP contribution in [0.3, 0.4) is 0 Å². The number of β-amino-alcohol motifs (C(OH)–C–C–N with tert-alkyl or cyclic N) is 1. The highest BCUT2D eigenvalue weighted by Gasteiger charge is 2.40. The second kappa shape index (κ2) is 8.16. The Bertz CT molecular complexity index is 946. The van der Waals surface area contributed by atoms with Gasteiger partial charge >= 0.3 is 12.1 Å². The van der Waals surface area contributed by atoms with E-state index in [-0.39, 0.29) is 25.5 Å². The standard InChI is InChI=1S/C22H22N2O6/c25-13-9-19(21(28)23-10-20(26)27)24(11-13)22(29)30-12-18-16-7-3-1-5-14(16)15-6-2-4-8-17(15)18/h1-8,13,18-19,25H,9-12H2,(H,23,28)(H,26,27)/t13-,19+/m1/s1. The van der Waals surface area contributed by atoms with E-state index in [9.17, 15) is 19.5 Å². The van der Waals surface area contributed by atoms with Crippen molar-refractivity contribution in [3.63, 3.8) is 0 Å². The van der Waals surface area contributed by atoms with Crippen molar-refractivity contribution in [3.8, 4) is 11.1 Å². The van der Waals surface area contributed by atoms with Crippen molar-refractivity contribution in [3.05, 3.63) is 59.7 Å². The highest BCUT2D eigenvalue weighted by Crippen LogP contribution is 2.44. The zero-order valence-electron chi connectivity index (χ0n) is 16.2. The number of nitrogens with zero attached hydrogens (tertiary/aromatic N) is 1.